The minimum absolute atomic E-state index is 1.28. The zero-order valence-corrected chi connectivity index (χ0v) is 12.1. The van der Waals surface area contributed by atoms with Gasteiger partial charge in [-0.1, -0.05) is 56.6 Å². The molecule has 0 unspecified atom stereocenters. The topological polar surface area (TPSA) is 3.24 Å². The van der Waals surface area contributed by atoms with Gasteiger partial charge in [0, 0.05) is 0 Å². The van der Waals surface area contributed by atoms with E-state index in [1.165, 1.54) is 44.4 Å². The highest BCUT2D eigenvalue weighted by Crippen LogP contribution is 1.94. The Bertz CT molecular complexity index is 234. The Morgan fingerprint density at radius 3 is 1.47 bits per heavy atom. The van der Waals surface area contributed by atoms with E-state index in [2.05, 4.69) is 45.7 Å². The smallest absolute Gasteiger partial charge is 0.139 e. The third kappa shape index (κ3) is 10.1. The summed E-state index contributed by atoms with van der Waals surface area (Å²) in [7, 11) is 2.08. The van der Waals surface area contributed by atoms with Gasteiger partial charge < -0.3 is 4.90 Å². The van der Waals surface area contributed by atoms with Crippen LogP contribution in [0.15, 0.2) is 30.3 Å². The fraction of sp³-hybridized carbons (Fsp3) is 0.600. The molecule has 0 atom stereocenters. The molecule has 0 heterocycles. The van der Waals surface area contributed by atoms with Crippen molar-refractivity contribution in [3.05, 3.63) is 30.3 Å². The van der Waals surface area contributed by atoms with Gasteiger partial charge in [0.1, 0.15) is 7.85 Å². The van der Waals surface area contributed by atoms with Crippen molar-refractivity contribution in [2.45, 2.75) is 40.0 Å². The van der Waals surface area contributed by atoms with Gasteiger partial charge in [0.2, 0.25) is 0 Å². The van der Waals surface area contributed by atoms with Crippen molar-refractivity contribution in [2.24, 2.45) is 0 Å². The van der Waals surface area contributed by atoms with Crippen LogP contribution < -0.4 is 5.46 Å². The van der Waals surface area contributed by atoms with E-state index in [0.717, 1.165) is 0 Å². The van der Waals surface area contributed by atoms with Gasteiger partial charge in [-0.05, 0) is 38.9 Å². The van der Waals surface area contributed by atoms with Crippen LogP contribution in [0.25, 0.3) is 0 Å². The second kappa shape index (κ2) is 11.7. The molecule has 1 aromatic rings. The van der Waals surface area contributed by atoms with E-state index in [-0.39, 0.29) is 0 Å². The van der Waals surface area contributed by atoms with Gasteiger partial charge in [-0.15, -0.1) is 0 Å². The molecule has 2 heteroatoms. The van der Waals surface area contributed by atoms with Gasteiger partial charge >= 0.3 is 0 Å². The fourth-order valence-corrected chi connectivity index (χ4v) is 1.82. The van der Waals surface area contributed by atoms with Crippen LogP contribution in [0.1, 0.15) is 40.0 Å². The monoisotopic (exact) mass is 233 g/mol. The van der Waals surface area contributed by atoms with Crippen LogP contribution in [0.4, 0.5) is 0 Å². The van der Waals surface area contributed by atoms with E-state index in [4.69, 9.17) is 0 Å². The van der Waals surface area contributed by atoms with E-state index in [9.17, 15) is 0 Å². The summed E-state index contributed by atoms with van der Waals surface area (Å²) in [6.07, 6.45) is 3.88. The highest BCUT2D eigenvalue weighted by atomic mass is 15.1. The molecule has 0 aliphatic carbocycles. The van der Waals surface area contributed by atoms with Gasteiger partial charge in [0.15, 0.2) is 0 Å². The summed E-state index contributed by atoms with van der Waals surface area (Å²) in [5.74, 6) is 0. The first kappa shape index (κ1) is 16.2. The second-order valence-corrected chi connectivity index (χ2v) is 4.50. The summed E-state index contributed by atoms with van der Waals surface area (Å²) in [6.45, 7) is 10.6. The fourth-order valence-electron chi connectivity index (χ4n) is 1.82. The minimum atomic E-state index is 1.28. The molecule has 0 bridgehead atoms. The lowest BCUT2D eigenvalue weighted by atomic mass is 9.97. The summed E-state index contributed by atoms with van der Waals surface area (Å²) in [5, 5.41) is 0. The average molecular weight is 233 g/mol. The summed E-state index contributed by atoms with van der Waals surface area (Å²) in [5.41, 5.74) is 1.32. The first-order chi connectivity index (χ1) is 8.24. The largest absolute Gasteiger partial charge is 0.303 e. The van der Waals surface area contributed by atoms with E-state index in [0.29, 0.717) is 0 Å². The molecule has 0 amide bonds. The molecule has 1 aromatic carbocycles. The molecular formula is C15H28BN. The second-order valence-electron chi connectivity index (χ2n) is 4.50. The quantitative estimate of drug-likeness (QED) is 0.682. The van der Waals surface area contributed by atoms with Crippen LogP contribution in [0.3, 0.4) is 0 Å². The van der Waals surface area contributed by atoms with E-state index < -0.39 is 0 Å². The van der Waals surface area contributed by atoms with Crippen LogP contribution >= 0.6 is 0 Å². The SMILES string of the molecule is Bc1ccccc1.CCCN(CCC)CCC. The van der Waals surface area contributed by atoms with Crippen LogP contribution in [0.2, 0.25) is 0 Å². The first-order valence-corrected chi connectivity index (χ1v) is 6.98. The molecular weight excluding hydrogens is 205 g/mol. The van der Waals surface area contributed by atoms with Gasteiger partial charge in [-0.25, -0.2) is 0 Å². The highest BCUT2D eigenvalue weighted by molar-refractivity contribution is 6.32. The summed E-state index contributed by atoms with van der Waals surface area (Å²) < 4.78 is 0. The van der Waals surface area contributed by atoms with Crippen molar-refractivity contribution in [2.75, 3.05) is 19.6 Å². The molecule has 0 fully saturated rings. The molecule has 0 aliphatic heterocycles. The number of hydrogen-bond acceptors (Lipinski definition) is 1. The molecule has 0 aliphatic rings. The minimum Gasteiger partial charge on any atom is -0.303 e. The van der Waals surface area contributed by atoms with Crippen LogP contribution in [0, 0.1) is 0 Å². The van der Waals surface area contributed by atoms with Crippen molar-refractivity contribution < 1.29 is 0 Å². The number of benzene rings is 1. The Morgan fingerprint density at radius 1 is 0.824 bits per heavy atom. The molecule has 1 rings (SSSR count). The standard InChI is InChI=1S/C9H21N.C6H7B/c1-4-7-10(8-5-2)9-6-3;7-6-4-2-1-3-5-6/h4-9H2,1-3H3;1-5H,7H2. The third-order valence-electron chi connectivity index (χ3n) is 2.56. The number of hydrogen-bond donors (Lipinski definition) is 0. The van der Waals surface area contributed by atoms with Crippen LogP contribution in [-0.2, 0) is 0 Å². The Balaban J connectivity index is 0.000000318. The van der Waals surface area contributed by atoms with Gasteiger partial charge in [-0.3, -0.25) is 0 Å². The molecule has 0 saturated carbocycles. The normalized spacial score (nSPS) is 9.88. The predicted molar refractivity (Wildman–Crippen MR) is 81.9 cm³/mol. The Kier molecular flexibility index (Phi) is 11.2. The maximum absolute atomic E-state index is 2.54. The molecule has 1 nitrogen and oxygen atoms in total. The van der Waals surface area contributed by atoms with Gasteiger partial charge in [0.05, 0.1) is 0 Å². The van der Waals surface area contributed by atoms with E-state index >= 15 is 0 Å². The summed E-state index contributed by atoms with van der Waals surface area (Å²) in [4.78, 5) is 2.54. The van der Waals surface area contributed by atoms with Gasteiger partial charge in [-0.2, -0.15) is 0 Å². The van der Waals surface area contributed by atoms with E-state index in [1.54, 1.807) is 0 Å². The molecule has 96 valence electrons. The van der Waals surface area contributed by atoms with Gasteiger partial charge in [0.25, 0.3) is 0 Å². The Labute approximate surface area is 109 Å². The van der Waals surface area contributed by atoms with Crippen molar-refractivity contribution in [1.82, 2.24) is 4.90 Å². The van der Waals surface area contributed by atoms with Crippen molar-refractivity contribution >= 4 is 13.3 Å². The molecule has 0 saturated heterocycles. The Hall–Kier alpha value is -0.755. The highest BCUT2D eigenvalue weighted by Gasteiger charge is 1.98. The third-order valence-corrected chi connectivity index (χ3v) is 2.56. The zero-order chi connectivity index (χ0) is 12.9. The van der Waals surface area contributed by atoms with Crippen molar-refractivity contribution in [3.63, 3.8) is 0 Å². The maximum Gasteiger partial charge on any atom is 0.139 e. The molecule has 0 aromatic heterocycles. The molecule has 0 spiro atoms. The maximum atomic E-state index is 2.54. The summed E-state index contributed by atoms with van der Waals surface area (Å²) >= 11 is 0. The molecule has 0 radical (unpaired) electrons. The summed E-state index contributed by atoms with van der Waals surface area (Å²) in [6, 6.07) is 10.3. The predicted octanol–water partition coefficient (Wildman–Crippen LogP) is 2.46. The zero-order valence-electron chi connectivity index (χ0n) is 12.1. The van der Waals surface area contributed by atoms with Crippen molar-refractivity contribution in [3.8, 4) is 0 Å². The van der Waals surface area contributed by atoms with Crippen LogP contribution in [-0.4, -0.2) is 32.4 Å². The van der Waals surface area contributed by atoms with E-state index in [1.807, 2.05) is 18.2 Å². The van der Waals surface area contributed by atoms with Crippen LogP contribution in [0.5, 0.6) is 0 Å². The first-order valence-electron chi connectivity index (χ1n) is 6.98. The lowest BCUT2D eigenvalue weighted by Gasteiger charge is -2.19. The molecule has 0 N–H and O–H groups in total. The van der Waals surface area contributed by atoms with Crippen molar-refractivity contribution in [1.29, 1.82) is 0 Å². The number of rotatable bonds is 6. The Morgan fingerprint density at radius 2 is 1.24 bits per heavy atom. The molecule has 17 heavy (non-hydrogen) atoms. The lowest BCUT2D eigenvalue weighted by Crippen LogP contribution is -2.25. The lowest BCUT2D eigenvalue weighted by molar-refractivity contribution is 0.275. The number of nitrogens with zero attached hydrogens (tertiary/aromatic N) is 1. The average Bonchev–Trinajstić information content (AvgIpc) is 2.32.